The molecule has 0 saturated carbocycles. The number of aliphatic hydroxyl groups excluding tert-OH is 5. The number of hydrogen-bond donors (Lipinski definition) is 6. The molecule has 0 aliphatic rings. The quantitative estimate of drug-likeness (QED) is 0.237. The Morgan fingerprint density at radius 2 is 1.67 bits per heavy atom. The second kappa shape index (κ2) is 8.08. The molecule has 18 heavy (non-hydrogen) atoms. The van der Waals surface area contributed by atoms with Gasteiger partial charge in [0.25, 0.3) is 0 Å². The first-order chi connectivity index (χ1) is 8.34. The van der Waals surface area contributed by atoms with Crippen LogP contribution in [-0.2, 0) is 14.3 Å². The number of ether oxygens (including phenoxy) is 1. The van der Waals surface area contributed by atoms with Gasteiger partial charge in [0.05, 0.1) is 13.2 Å². The molecular formula is C9H17NO8. The van der Waals surface area contributed by atoms with Crippen molar-refractivity contribution in [2.24, 2.45) is 5.73 Å². The number of nitrogens with two attached hydrogens (primary N) is 1. The van der Waals surface area contributed by atoms with Gasteiger partial charge in [-0.05, 0) is 0 Å². The highest BCUT2D eigenvalue weighted by atomic mass is 16.5. The van der Waals surface area contributed by atoms with E-state index in [9.17, 15) is 19.8 Å². The maximum absolute atomic E-state index is 11.2. The summed E-state index contributed by atoms with van der Waals surface area (Å²) in [5.41, 5.74) is 5.09. The van der Waals surface area contributed by atoms with Crippen LogP contribution >= 0.6 is 0 Å². The molecule has 0 amide bonds. The molecule has 0 aromatic heterocycles. The molecule has 0 saturated heterocycles. The van der Waals surface area contributed by atoms with Crippen molar-refractivity contribution in [2.75, 3.05) is 19.8 Å². The van der Waals surface area contributed by atoms with E-state index in [-0.39, 0.29) is 0 Å². The molecule has 0 spiro atoms. The third-order valence-corrected chi connectivity index (χ3v) is 2.09. The number of aliphatic hydroxyl groups is 5. The minimum Gasteiger partial charge on any atom is -0.456 e. The molecule has 0 aliphatic heterocycles. The van der Waals surface area contributed by atoms with Crippen LogP contribution in [0.15, 0.2) is 0 Å². The van der Waals surface area contributed by atoms with Crippen LogP contribution < -0.4 is 5.73 Å². The van der Waals surface area contributed by atoms with Crippen molar-refractivity contribution < 1.29 is 39.9 Å². The summed E-state index contributed by atoms with van der Waals surface area (Å²) in [4.78, 5) is 22.2. The SMILES string of the molecule is N[C@@H](CO)C(=O)OCC(=O)[C@@H](O)[C@H](O)[C@H](O)CO. The van der Waals surface area contributed by atoms with E-state index < -0.39 is 55.9 Å². The van der Waals surface area contributed by atoms with Crippen molar-refractivity contribution in [3.05, 3.63) is 0 Å². The van der Waals surface area contributed by atoms with Gasteiger partial charge < -0.3 is 36.0 Å². The summed E-state index contributed by atoms with van der Waals surface area (Å²) in [7, 11) is 0. The van der Waals surface area contributed by atoms with Crippen LogP contribution in [0, 0.1) is 0 Å². The van der Waals surface area contributed by atoms with E-state index >= 15 is 0 Å². The number of hydrogen-bond acceptors (Lipinski definition) is 9. The molecule has 4 atom stereocenters. The summed E-state index contributed by atoms with van der Waals surface area (Å²) in [5, 5.41) is 44.4. The number of Topliss-reactive ketones (excluding diaryl/α,β-unsaturated/α-hetero) is 1. The molecule has 7 N–H and O–H groups in total. The lowest BCUT2D eigenvalue weighted by molar-refractivity contribution is -0.156. The Morgan fingerprint density at radius 1 is 1.11 bits per heavy atom. The molecular weight excluding hydrogens is 250 g/mol. The zero-order chi connectivity index (χ0) is 14.3. The molecule has 0 fully saturated rings. The van der Waals surface area contributed by atoms with E-state index in [1.807, 2.05) is 0 Å². The normalized spacial score (nSPS) is 17.7. The highest BCUT2D eigenvalue weighted by Crippen LogP contribution is 2.02. The van der Waals surface area contributed by atoms with Gasteiger partial charge in [-0.1, -0.05) is 0 Å². The van der Waals surface area contributed by atoms with Gasteiger partial charge >= 0.3 is 5.97 Å². The third-order valence-electron chi connectivity index (χ3n) is 2.09. The summed E-state index contributed by atoms with van der Waals surface area (Å²) < 4.78 is 4.35. The third kappa shape index (κ3) is 5.04. The second-order valence-electron chi connectivity index (χ2n) is 3.55. The standard InChI is InChI=1S/C9H17NO8/c10-4(1-11)9(17)18-3-6(14)8(16)7(15)5(13)2-12/h4-5,7-8,11-13,15-16H,1-3,10H2/t4-,5+,7+,8+/m0/s1. The lowest BCUT2D eigenvalue weighted by Gasteiger charge is -2.20. The monoisotopic (exact) mass is 267 g/mol. The van der Waals surface area contributed by atoms with Crippen molar-refractivity contribution in [3.8, 4) is 0 Å². The van der Waals surface area contributed by atoms with Crippen LogP contribution in [0.1, 0.15) is 0 Å². The maximum atomic E-state index is 11.2. The fourth-order valence-electron chi connectivity index (χ4n) is 0.918. The minimum atomic E-state index is -2.01. The van der Waals surface area contributed by atoms with Crippen LogP contribution in [0.4, 0.5) is 0 Å². The molecule has 9 nitrogen and oxygen atoms in total. The fraction of sp³-hybridized carbons (Fsp3) is 0.778. The van der Waals surface area contributed by atoms with E-state index in [2.05, 4.69) is 4.74 Å². The first-order valence-electron chi connectivity index (χ1n) is 5.06. The first-order valence-corrected chi connectivity index (χ1v) is 5.06. The van der Waals surface area contributed by atoms with Gasteiger partial charge in [-0.2, -0.15) is 0 Å². The highest BCUT2D eigenvalue weighted by molar-refractivity contribution is 5.87. The molecule has 0 aliphatic carbocycles. The Kier molecular flexibility index (Phi) is 7.59. The van der Waals surface area contributed by atoms with E-state index in [0.717, 1.165) is 0 Å². The zero-order valence-corrected chi connectivity index (χ0v) is 9.47. The lowest BCUT2D eigenvalue weighted by atomic mass is 10.1. The van der Waals surface area contributed by atoms with Gasteiger partial charge in [-0.25, -0.2) is 0 Å². The van der Waals surface area contributed by atoms with Gasteiger partial charge in [0.1, 0.15) is 24.4 Å². The molecule has 0 rings (SSSR count). The van der Waals surface area contributed by atoms with Crippen LogP contribution in [0.5, 0.6) is 0 Å². The van der Waals surface area contributed by atoms with E-state index in [4.69, 9.17) is 21.1 Å². The number of esters is 1. The Hall–Kier alpha value is -1.10. The van der Waals surface area contributed by atoms with Gasteiger partial charge in [0.15, 0.2) is 6.61 Å². The largest absolute Gasteiger partial charge is 0.456 e. The van der Waals surface area contributed by atoms with E-state index in [1.54, 1.807) is 0 Å². The molecule has 0 radical (unpaired) electrons. The minimum absolute atomic E-state index is 0.665. The Balaban J connectivity index is 4.21. The second-order valence-corrected chi connectivity index (χ2v) is 3.55. The topological polar surface area (TPSA) is 171 Å². The number of rotatable bonds is 8. The fourth-order valence-corrected chi connectivity index (χ4v) is 0.918. The number of carbonyl (C=O) groups is 2. The molecule has 9 heteroatoms. The molecule has 0 heterocycles. The Labute approximate surface area is 102 Å². The van der Waals surface area contributed by atoms with Crippen molar-refractivity contribution in [1.29, 1.82) is 0 Å². The predicted octanol–water partition coefficient (Wildman–Crippen LogP) is -4.51. The maximum Gasteiger partial charge on any atom is 0.325 e. The molecule has 106 valence electrons. The van der Waals surface area contributed by atoms with Gasteiger partial charge in [0, 0.05) is 0 Å². The van der Waals surface area contributed by atoms with Crippen LogP contribution in [-0.4, -0.2) is 81.5 Å². The molecule has 0 bridgehead atoms. The van der Waals surface area contributed by atoms with Crippen molar-refractivity contribution in [2.45, 2.75) is 24.4 Å². The van der Waals surface area contributed by atoms with Crippen molar-refractivity contribution in [3.63, 3.8) is 0 Å². The summed E-state index contributed by atoms with van der Waals surface area (Å²) in [6.07, 6.45) is -5.60. The summed E-state index contributed by atoms with van der Waals surface area (Å²) in [6, 6.07) is -1.30. The number of ketones is 1. The van der Waals surface area contributed by atoms with Gasteiger partial charge in [-0.3, -0.25) is 9.59 Å². The van der Waals surface area contributed by atoms with Gasteiger partial charge in [-0.15, -0.1) is 0 Å². The van der Waals surface area contributed by atoms with Crippen LogP contribution in [0.3, 0.4) is 0 Å². The first kappa shape index (κ1) is 16.9. The van der Waals surface area contributed by atoms with Crippen molar-refractivity contribution in [1.82, 2.24) is 0 Å². The molecule has 0 unspecified atom stereocenters. The van der Waals surface area contributed by atoms with Crippen LogP contribution in [0.2, 0.25) is 0 Å². The van der Waals surface area contributed by atoms with E-state index in [1.165, 1.54) is 0 Å². The zero-order valence-electron chi connectivity index (χ0n) is 9.47. The smallest absolute Gasteiger partial charge is 0.325 e. The average Bonchev–Trinajstić information content (AvgIpc) is 2.40. The Morgan fingerprint density at radius 3 is 2.11 bits per heavy atom. The summed E-state index contributed by atoms with van der Waals surface area (Å²) >= 11 is 0. The highest BCUT2D eigenvalue weighted by Gasteiger charge is 2.30. The van der Waals surface area contributed by atoms with Gasteiger partial charge in [0.2, 0.25) is 5.78 Å². The van der Waals surface area contributed by atoms with E-state index in [0.29, 0.717) is 0 Å². The lowest BCUT2D eigenvalue weighted by Crippen LogP contribution is -2.46. The predicted molar refractivity (Wildman–Crippen MR) is 56.1 cm³/mol. The molecule has 0 aromatic rings. The summed E-state index contributed by atoms with van der Waals surface area (Å²) in [5.74, 6) is -2.12. The van der Waals surface area contributed by atoms with Crippen molar-refractivity contribution >= 4 is 11.8 Å². The Bertz CT molecular complexity index is 284. The summed E-state index contributed by atoms with van der Waals surface area (Å²) in [6.45, 7) is -2.38. The molecule has 0 aromatic carbocycles. The number of carbonyl (C=O) groups excluding carboxylic acids is 2. The van der Waals surface area contributed by atoms with Crippen LogP contribution in [0.25, 0.3) is 0 Å². The average molecular weight is 267 g/mol.